The van der Waals surface area contributed by atoms with Crippen molar-refractivity contribution in [2.45, 2.75) is 71.7 Å². The lowest BCUT2D eigenvalue weighted by molar-refractivity contribution is -0.164. The van der Waals surface area contributed by atoms with Crippen LogP contribution >= 0.6 is 0 Å². The number of anilines is 1. The van der Waals surface area contributed by atoms with Gasteiger partial charge < -0.3 is 24.2 Å². The van der Waals surface area contributed by atoms with Crippen LogP contribution < -0.4 is 4.90 Å². The Labute approximate surface area is 270 Å². The normalized spacial score (nSPS) is 15.6. The monoisotopic (exact) mass is 629 g/mol. The minimum atomic E-state index is -0.976. The summed E-state index contributed by atoms with van der Waals surface area (Å²) in [6.45, 7) is 17.2. The molecule has 8 nitrogen and oxygen atoms in total. The number of pyridine rings is 1. The van der Waals surface area contributed by atoms with Crippen LogP contribution in [0.3, 0.4) is 0 Å². The van der Waals surface area contributed by atoms with Gasteiger partial charge in [0.2, 0.25) is 0 Å². The van der Waals surface area contributed by atoms with Crippen molar-refractivity contribution < 1.29 is 28.5 Å². The Balaban J connectivity index is 1.67. The maximum absolute atomic E-state index is 15.0. The van der Waals surface area contributed by atoms with E-state index in [0.29, 0.717) is 47.7 Å². The van der Waals surface area contributed by atoms with Crippen LogP contribution in [0.1, 0.15) is 63.3 Å². The van der Waals surface area contributed by atoms with Gasteiger partial charge in [-0.05, 0) is 95.3 Å². The molecule has 0 amide bonds. The Morgan fingerprint density at radius 2 is 1.85 bits per heavy atom. The molecule has 4 aromatic rings. The lowest BCUT2D eigenvalue weighted by Gasteiger charge is -2.41. The first-order chi connectivity index (χ1) is 21.7. The molecular weight excluding hydrogens is 585 g/mol. The number of piperidine rings is 1. The summed E-state index contributed by atoms with van der Waals surface area (Å²) in [5.74, 6) is -0.288. The third-order valence-corrected chi connectivity index (χ3v) is 8.45. The maximum atomic E-state index is 15.0. The molecule has 0 bridgehead atoms. The second-order valence-corrected chi connectivity index (χ2v) is 13.3. The number of nitrogens with zero attached hydrogens (tertiary/aromatic N) is 3. The highest BCUT2D eigenvalue weighted by Gasteiger charge is 2.37. The van der Waals surface area contributed by atoms with Gasteiger partial charge >= 0.3 is 5.97 Å². The van der Waals surface area contributed by atoms with Crippen LogP contribution in [0, 0.1) is 19.7 Å². The molecule has 3 heterocycles. The average molecular weight is 630 g/mol. The number of aromatic hydroxyl groups is 1. The Morgan fingerprint density at radius 3 is 2.48 bits per heavy atom. The zero-order chi connectivity index (χ0) is 33.4. The number of ether oxygens (including phenoxy) is 3. The first kappa shape index (κ1) is 33.2. The molecule has 0 spiro atoms. The zero-order valence-corrected chi connectivity index (χ0v) is 27.8. The molecule has 1 saturated heterocycles. The summed E-state index contributed by atoms with van der Waals surface area (Å²) >= 11 is 0. The van der Waals surface area contributed by atoms with Gasteiger partial charge in [0.15, 0.2) is 6.10 Å². The molecule has 0 aliphatic carbocycles. The predicted molar refractivity (Wildman–Crippen MR) is 179 cm³/mol. The highest BCUT2D eigenvalue weighted by Crippen LogP contribution is 2.40. The highest BCUT2D eigenvalue weighted by molar-refractivity contribution is 5.81. The molecule has 9 heteroatoms. The van der Waals surface area contributed by atoms with E-state index in [1.165, 1.54) is 13.2 Å². The average Bonchev–Trinajstić information content (AvgIpc) is 3.41. The van der Waals surface area contributed by atoms with Crippen LogP contribution in [0.4, 0.5) is 10.2 Å². The summed E-state index contributed by atoms with van der Waals surface area (Å²) in [5, 5.41) is 10.6. The van der Waals surface area contributed by atoms with Crippen molar-refractivity contribution in [1.82, 2.24) is 9.38 Å². The summed E-state index contributed by atoms with van der Waals surface area (Å²) in [5.41, 5.74) is 4.06. The number of imidazole rings is 1. The minimum Gasteiger partial charge on any atom is -0.507 e. The van der Waals surface area contributed by atoms with Crippen molar-refractivity contribution in [2.24, 2.45) is 0 Å². The number of aryl methyl sites for hydroxylation is 2. The molecule has 1 aliphatic rings. The van der Waals surface area contributed by atoms with E-state index in [0.717, 1.165) is 29.8 Å². The van der Waals surface area contributed by atoms with Gasteiger partial charge in [0.25, 0.3) is 0 Å². The summed E-state index contributed by atoms with van der Waals surface area (Å²) in [6, 6.07) is 12.2. The molecule has 1 fully saturated rings. The fourth-order valence-corrected chi connectivity index (χ4v) is 6.15. The quantitative estimate of drug-likeness (QED) is 0.150. The van der Waals surface area contributed by atoms with E-state index in [9.17, 15) is 9.90 Å². The number of benzene rings is 2. The number of methoxy groups -OCH3 is 1. The highest BCUT2D eigenvalue weighted by atomic mass is 19.1. The van der Waals surface area contributed by atoms with E-state index >= 15 is 4.39 Å². The molecule has 0 saturated carbocycles. The Morgan fingerprint density at radius 1 is 1.15 bits per heavy atom. The van der Waals surface area contributed by atoms with E-state index in [4.69, 9.17) is 19.2 Å². The molecule has 1 N–H and O–H groups in total. The van der Waals surface area contributed by atoms with Crippen LogP contribution in [0.25, 0.3) is 28.0 Å². The maximum Gasteiger partial charge on any atom is 0.339 e. The van der Waals surface area contributed by atoms with Crippen molar-refractivity contribution in [3.8, 4) is 28.1 Å². The summed E-state index contributed by atoms with van der Waals surface area (Å²) in [7, 11) is 1.37. The lowest BCUT2D eigenvalue weighted by atomic mass is 9.92. The Kier molecular flexibility index (Phi) is 9.29. The first-order valence-corrected chi connectivity index (χ1v) is 15.6. The van der Waals surface area contributed by atoms with Gasteiger partial charge in [-0.2, -0.15) is 0 Å². The van der Waals surface area contributed by atoms with Gasteiger partial charge in [-0.1, -0.05) is 24.3 Å². The fraction of sp³-hybridized carbons (Fsp3) is 0.405. The molecule has 46 heavy (non-hydrogen) atoms. The van der Waals surface area contributed by atoms with Gasteiger partial charge in [0.05, 0.1) is 36.2 Å². The van der Waals surface area contributed by atoms with Crippen molar-refractivity contribution in [3.63, 3.8) is 0 Å². The van der Waals surface area contributed by atoms with E-state index in [1.807, 2.05) is 62.6 Å². The van der Waals surface area contributed by atoms with Gasteiger partial charge in [0, 0.05) is 30.4 Å². The molecule has 244 valence electrons. The number of phenolic OH excluding ortho intramolecular Hbond substituents is 1. The van der Waals surface area contributed by atoms with E-state index < -0.39 is 23.5 Å². The first-order valence-electron chi connectivity index (χ1n) is 15.6. The number of carbonyl (C=O) groups excluding carboxylic acids is 1. The standard InChI is InChI=1S/C37H44FN3O5/c1-9-17-45-37(7)13-15-40(16-14-37)34-31(33(35(43)44-8)46-36(4,5)6)24(3)20-30-39-28(22-41(30)34)25-11-10-12-26(21-25)32-27(38)18-23(2)19-29(32)42/h9-12,18-22,33,42H,1,13-17H2,2-8H3/t33-/m0/s1. The molecule has 2 aromatic carbocycles. The van der Waals surface area contributed by atoms with E-state index in [2.05, 4.69) is 18.4 Å². The van der Waals surface area contributed by atoms with Gasteiger partial charge in [-0.3, -0.25) is 4.40 Å². The third kappa shape index (κ3) is 6.81. The van der Waals surface area contributed by atoms with Crippen LogP contribution in [0.15, 0.2) is 61.3 Å². The molecule has 1 atom stereocenters. The van der Waals surface area contributed by atoms with Crippen LogP contribution in [0.5, 0.6) is 5.75 Å². The third-order valence-electron chi connectivity index (χ3n) is 8.45. The smallest absolute Gasteiger partial charge is 0.339 e. The fourth-order valence-electron chi connectivity index (χ4n) is 6.15. The van der Waals surface area contributed by atoms with Gasteiger partial charge in [-0.25, -0.2) is 14.2 Å². The molecule has 2 aromatic heterocycles. The summed E-state index contributed by atoms with van der Waals surface area (Å²) in [6.07, 6.45) is 4.27. The van der Waals surface area contributed by atoms with Crippen LogP contribution in [0.2, 0.25) is 0 Å². The Hall–Kier alpha value is -4.21. The second-order valence-electron chi connectivity index (χ2n) is 13.3. The molecule has 0 radical (unpaired) electrons. The molecule has 1 aliphatic heterocycles. The lowest BCUT2D eigenvalue weighted by Crippen LogP contribution is -2.45. The number of carbonyl (C=O) groups is 1. The number of hydrogen-bond acceptors (Lipinski definition) is 7. The van der Waals surface area contributed by atoms with Crippen molar-refractivity contribution in [1.29, 1.82) is 0 Å². The predicted octanol–water partition coefficient (Wildman–Crippen LogP) is 7.72. The largest absolute Gasteiger partial charge is 0.507 e. The number of phenols is 1. The number of aromatic nitrogens is 2. The van der Waals surface area contributed by atoms with Crippen molar-refractivity contribution in [2.75, 3.05) is 31.7 Å². The molecule has 5 rings (SSSR count). The number of halogens is 1. The van der Waals surface area contributed by atoms with E-state index in [-0.39, 0.29) is 16.9 Å². The van der Waals surface area contributed by atoms with Crippen molar-refractivity contribution in [3.05, 3.63) is 83.8 Å². The second kappa shape index (κ2) is 12.9. The number of esters is 1. The van der Waals surface area contributed by atoms with Gasteiger partial charge in [0.1, 0.15) is 23.0 Å². The minimum absolute atomic E-state index is 0.117. The molecular formula is C37H44FN3O5. The number of rotatable bonds is 9. The SMILES string of the molecule is C=CCOC1(C)CCN(c2c([C@H](OC(C)(C)C)C(=O)OC)c(C)cc3nc(-c4cccc(-c5c(O)cc(C)cc5F)c4)cn23)CC1. The number of fused-ring (bicyclic) bond motifs is 1. The van der Waals surface area contributed by atoms with E-state index in [1.54, 1.807) is 25.1 Å². The number of hydrogen-bond donors (Lipinski definition) is 1. The van der Waals surface area contributed by atoms with Gasteiger partial charge in [-0.15, -0.1) is 6.58 Å². The topological polar surface area (TPSA) is 85.5 Å². The summed E-state index contributed by atoms with van der Waals surface area (Å²) < 4.78 is 34.8. The zero-order valence-electron chi connectivity index (χ0n) is 27.8. The Bertz CT molecular complexity index is 1740. The van der Waals surface area contributed by atoms with Crippen LogP contribution in [-0.2, 0) is 19.0 Å². The summed E-state index contributed by atoms with van der Waals surface area (Å²) in [4.78, 5) is 20.6. The van der Waals surface area contributed by atoms with Crippen molar-refractivity contribution >= 4 is 17.4 Å². The van der Waals surface area contributed by atoms with Crippen LogP contribution in [-0.4, -0.2) is 58.5 Å². The molecule has 0 unspecified atom stereocenters.